The van der Waals surface area contributed by atoms with Gasteiger partial charge in [-0.2, -0.15) is 0 Å². The highest BCUT2D eigenvalue weighted by Crippen LogP contribution is 2.36. The molecule has 8 heteroatoms. The lowest BCUT2D eigenvalue weighted by atomic mass is 9.96. The summed E-state index contributed by atoms with van der Waals surface area (Å²) in [5.41, 5.74) is 0.366. The molecule has 26 heavy (non-hydrogen) atoms. The van der Waals surface area contributed by atoms with Gasteiger partial charge in [0.2, 0.25) is 5.91 Å². The molecule has 1 N–H and O–H groups in total. The van der Waals surface area contributed by atoms with Crippen LogP contribution in [0.3, 0.4) is 0 Å². The molecule has 0 saturated carbocycles. The summed E-state index contributed by atoms with van der Waals surface area (Å²) in [4.78, 5) is 39.7. The first-order valence-electron chi connectivity index (χ1n) is 8.52. The van der Waals surface area contributed by atoms with Gasteiger partial charge in [0.05, 0.1) is 38.3 Å². The molecule has 1 aromatic rings. The van der Waals surface area contributed by atoms with Crippen molar-refractivity contribution in [2.45, 2.75) is 25.3 Å². The first kappa shape index (κ1) is 18.2. The van der Waals surface area contributed by atoms with E-state index in [1.807, 2.05) is 4.90 Å². The smallest absolute Gasteiger partial charge is 0.306 e. The third-order valence-electron chi connectivity index (χ3n) is 5.07. The number of aliphatic carboxylic acids is 1. The summed E-state index contributed by atoms with van der Waals surface area (Å²) in [6.07, 6.45) is 1.04. The fourth-order valence-electron chi connectivity index (χ4n) is 3.58. The van der Waals surface area contributed by atoms with Crippen LogP contribution in [0, 0.1) is 5.92 Å². The maximum atomic E-state index is 12.9. The number of ether oxygens (including phenoxy) is 2. The number of carbonyl (C=O) groups excluding carboxylic acids is 2. The number of amides is 2. The zero-order chi connectivity index (χ0) is 18.8. The lowest BCUT2D eigenvalue weighted by molar-refractivity contribution is -0.143. The zero-order valence-corrected chi connectivity index (χ0v) is 14.8. The molecule has 2 aliphatic rings. The fraction of sp³-hybridized carbons (Fsp3) is 0.500. The molecule has 2 saturated heterocycles. The van der Waals surface area contributed by atoms with Gasteiger partial charge in [0.25, 0.3) is 5.91 Å². The van der Waals surface area contributed by atoms with Crippen molar-refractivity contribution in [1.82, 2.24) is 4.90 Å². The Balaban J connectivity index is 1.81. The normalized spacial score (nSPS) is 21.9. The quantitative estimate of drug-likeness (QED) is 0.785. The van der Waals surface area contributed by atoms with Gasteiger partial charge in [-0.3, -0.25) is 19.3 Å². The molecule has 2 amide bonds. The maximum absolute atomic E-state index is 12.9. The van der Waals surface area contributed by atoms with E-state index in [1.54, 1.807) is 18.2 Å². The molecule has 2 fully saturated rings. The number of carboxylic acid groups (broad SMARTS) is 1. The van der Waals surface area contributed by atoms with E-state index in [9.17, 15) is 14.4 Å². The van der Waals surface area contributed by atoms with E-state index in [4.69, 9.17) is 14.6 Å². The monoisotopic (exact) mass is 362 g/mol. The number of hydrogen-bond donors (Lipinski definition) is 1. The highest BCUT2D eigenvalue weighted by Gasteiger charge is 2.44. The minimum Gasteiger partial charge on any atom is -0.497 e. The summed E-state index contributed by atoms with van der Waals surface area (Å²) in [5.74, 6) is -0.860. The van der Waals surface area contributed by atoms with Crippen molar-refractivity contribution >= 4 is 23.5 Å². The number of rotatable bonds is 5. The number of anilines is 1. The molecule has 0 bridgehead atoms. The van der Waals surface area contributed by atoms with Crippen LogP contribution < -0.4 is 14.4 Å². The highest BCUT2D eigenvalue weighted by atomic mass is 16.5. The van der Waals surface area contributed by atoms with Crippen LogP contribution in [0.25, 0.3) is 0 Å². The minimum absolute atomic E-state index is 0.0803. The Hall–Kier alpha value is -2.61. The van der Waals surface area contributed by atoms with Crippen molar-refractivity contribution in [2.75, 3.05) is 32.2 Å². The van der Waals surface area contributed by atoms with Crippen LogP contribution in [0.15, 0.2) is 18.2 Å². The second-order valence-electron chi connectivity index (χ2n) is 6.47. The Bertz CT molecular complexity index is 726. The van der Waals surface area contributed by atoms with Crippen molar-refractivity contribution in [1.29, 1.82) is 0 Å². The standard InChI is InChI=1S/C18H22N2O6/c1-25-12-3-4-15(26-2)13(9-12)20-16(21)10-14(17(20)22)19-7-5-11(6-8-19)18(23)24/h3-4,9,11,14H,5-8,10H2,1-2H3,(H,23,24)/t14-/m1/s1. The number of methoxy groups -OCH3 is 2. The van der Waals surface area contributed by atoms with Gasteiger partial charge in [0, 0.05) is 6.07 Å². The van der Waals surface area contributed by atoms with Crippen LogP contribution in [0.2, 0.25) is 0 Å². The Labute approximate surface area is 151 Å². The molecule has 8 nitrogen and oxygen atoms in total. The minimum atomic E-state index is -0.804. The second-order valence-corrected chi connectivity index (χ2v) is 6.47. The number of nitrogens with zero attached hydrogens (tertiary/aromatic N) is 2. The van der Waals surface area contributed by atoms with Gasteiger partial charge < -0.3 is 14.6 Å². The fourth-order valence-corrected chi connectivity index (χ4v) is 3.58. The summed E-state index contributed by atoms with van der Waals surface area (Å²) in [6, 6.07) is 4.39. The largest absolute Gasteiger partial charge is 0.497 e. The van der Waals surface area contributed by atoms with Gasteiger partial charge in [-0.1, -0.05) is 0 Å². The van der Waals surface area contributed by atoms with Crippen molar-refractivity contribution in [3.8, 4) is 11.5 Å². The lowest BCUT2D eigenvalue weighted by Crippen LogP contribution is -2.46. The van der Waals surface area contributed by atoms with Crippen LogP contribution in [0.1, 0.15) is 19.3 Å². The molecule has 0 aliphatic carbocycles. The van der Waals surface area contributed by atoms with Crippen molar-refractivity contribution < 1.29 is 29.0 Å². The molecule has 0 spiro atoms. The number of likely N-dealkylation sites (tertiary alicyclic amines) is 1. The van der Waals surface area contributed by atoms with E-state index >= 15 is 0 Å². The molecule has 3 rings (SSSR count). The van der Waals surface area contributed by atoms with Crippen LogP contribution in [0.4, 0.5) is 5.69 Å². The van der Waals surface area contributed by atoms with Gasteiger partial charge in [-0.25, -0.2) is 4.90 Å². The first-order valence-corrected chi connectivity index (χ1v) is 8.52. The SMILES string of the molecule is COc1ccc(OC)c(N2C(=O)C[C@@H](N3CCC(C(=O)O)CC3)C2=O)c1. The molecule has 1 aromatic carbocycles. The third kappa shape index (κ3) is 3.24. The van der Waals surface area contributed by atoms with E-state index < -0.39 is 12.0 Å². The van der Waals surface area contributed by atoms with Gasteiger partial charge in [0.15, 0.2) is 0 Å². The molecule has 2 heterocycles. The van der Waals surface area contributed by atoms with Crippen molar-refractivity contribution in [3.63, 3.8) is 0 Å². The second kappa shape index (κ2) is 7.33. The van der Waals surface area contributed by atoms with E-state index in [1.165, 1.54) is 14.2 Å². The summed E-state index contributed by atoms with van der Waals surface area (Å²) >= 11 is 0. The van der Waals surface area contributed by atoms with E-state index in [2.05, 4.69) is 0 Å². The zero-order valence-electron chi connectivity index (χ0n) is 14.8. The summed E-state index contributed by atoms with van der Waals surface area (Å²) in [6.45, 7) is 0.980. The lowest BCUT2D eigenvalue weighted by Gasteiger charge is -2.33. The number of carboxylic acids is 1. The van der Waals surface area contributed by atoms with Crippen LogP contribution >= 0.6 is 0 Å². The predicted molar refractivity (Wildman–Crippen MR) is 92.4 cm³/mol. The molecule has 140 valence electrons. The molecule has 2 aliphatic heterocycles. The Morgan fingerprint density at radius 2 is 1.85 bits per heavy atom. The Morgan fingerprint density at radius 1 is 1.15 bits per heavy atom. The Kier molecular flexibility index (Phi) is 5.13. The summed E-state index contributed by atoms with van der Waals surface area (Å²) < 4.78 is 10.5. The molecular formula is C18H22N2O6. The van der Waals surface area contributed by atoms with Gasteiger partial charge in [-0.15, -0.1) is 0 Å². The van der Waals surface area contributed by atoms with Gasteiger partial charge >= 0.3 is 5.97 Å². The third-order valence-corrected chi connectivity index (χ3v) is 5.07. The van der Waals surface area contributed by atoms with E-state index in [-0.39, 0.29) is 24.2 Å². The average Bonchev–Trinajstić information content (AvgIpc) is 2.95. The number of imide groups is 1. The molecule has 0 aromatic heterocycles. The number of benzene rings is 1. The Morgan fingerprint density at radius 3 is 2.42 bits per heavy atom. The van der Waals surface area contributed by atoms with Gasteiger partial charge in [0.1, 0.15) is 11.5 Å². The average molecular weight is 362 g/mol. The molecule has 0 radical (unpaired) electrons. The van der Waals surface area contributed by atoms with Crippen molar-refractivity contribution in [3.05, 3.63) is 18.2 Å². The molecular weight excluding hydrogens is 340 g/mol. The van der Waals surface area contributed by atoms with Crippen LogP contribution in [-0.2, 0) is 14.4 Å². The van der Waals surface area contributed by atoms with E-state index in [0.717, 1.165) is 4.90 Å². The first-order chi connectivity index (χ1) is 12.5. The highest BCUT2D eigenvalue weighted by molar-refractivity contribution is 6.23. The van der Waals surface area contributed by atoms with Crippen LogP contribution in [-0.4, -0.2) is 61.1 Å². The van der Waals surface area contributed by atoms with Crippen molar-refractivity contribution in [2.24, 2.45) is 5.92 Å². The number of piperidine rings is 1. The summed E-state index contributed by atoms with van der Waals surface area (Å²) in [5, 5.41) is 9.11. The summed E-state index contributed by atoms with van der Waals surface area (Å²) in [7, 11) is 2.99. The molecule has 0 unspecified atom stereocenters. The molecule has 1 atom stereocenters. The van der Waals surface area contributed by atoms with E-state index in [0.29, 0.717) is 43.1 Å². The van der Waals surface area contributed by atoms with Crippen LogP contribution in [0.5, 0.6) is 11.5 Å². The van der Waals surface area contributed by atoms with Gasteiger partial charge in [-0.05, 0) is 38.1 Å². The topological polar surface area (TPSA) is 96.4 Å². The maximum Gasteiger partial charge on any atom is 0.306 e. The number of carbonyl (C=O) groups is 3. The number of hydrogen-bond acceptors (Lipinski definition) is 6. The predicted octanol–water partition coefficient (Wildman–Crippen LogP) is 1.13.